The molecule has 0 aromatic heterocycles. The van der Waals surface area contributed by atoms with Gasteiger partial charge in [-0.05, 0) is 55.3 Å². The molecule has 0 unspecified atom stereocenters. The number of carbonyl (C=O) groups excluding carboxylic acids is 1. The van der Waals surface area contributed by atoms with Crippen LogP contribution in [0.15, 0.2) is 42.5 Å². The van der Waals surface area contributed by atoms with Gasteiger partial charge in [0.15, 0.2) is 0 Å². The van der Waals surface area contributed by atoms with Crippen LogP contribution < -0.4 is 16.0 Å². The third-order valence-corrected chi connectivity index (χ3v) is 4.17. The van der Waals surface area contributed by atoms with E-state index in [1.165, 1.54) is 25.0 Å². The molecule has 128 valence electrons. The first-order chi connectivity index (χ1) is 12.1. The van der Waals surface area contributed by atoms with Crippen molar-refractivity contribution in [1.82, 2.24) is 0 Å². The number of nitrogens with two attached hydrogens (primary N) is 1. The fraction of sp³-hybridized carbons (Fsp3) is 0.250. The Kier molecular flexibility index (Phi) is 5.20. The minimum absolute atomic E-state index is 0.276. The molecule has 1 saturated heterocycles. The molecular weight excluding hydrogens is 317 g/mol. The number of nitrogens with zero attached hydrogens (tertiary/aromatic N) is 1. The van der Waals surface area contributed by atoms with Crippen LogP contribution in [0, 0.1) is 17.7 Å². The van der Waals surface area contributed by atoms with E-state index in [9.17, 15) is 9.18 Å². The van der Waals surface area contributed by atoms with Gasteiger partial charge in [0, 0.05) is 24.2 Å². The molecule has 2 aromatic carbocycles. The van der Waals surface area contributed by atoms with Gasteiger partial charge in [0.1, 0.15) is 5.82 Å². The van der Waals surface area contributed by atoms with Crippen LogP contribution in [0.3, 0.4) is 0 Å². The van der Waals surface area contributed by atoms with E-state index < -0.39 is 5.91 Å². The number of amides is 1. The molecule has 2 aromatic rings. The lowest BCUT2D eigenvalue weighted by atomic mass is 10.1. The number of anilines is 2. The molecule has 0 bridgehead atoms. The molecule has 0 spiro atoms. The molecule has 0 saturated carbocycles. The van der Waals surface area contributed by atoms with E-state index in [0.717, 1.165) is 30.0 Å². The van der Waals surface area contributed by atoms with Crippen LogP contribution >= 0.6 is 0 Å². The van der Waals surface area contributed by atoms with Crippen LogP contribution in [0.1, 0.15) is 28.8 Å². The summed E-state index contributed by atoms with van der Waals surface area (Å²) in [5.74, 6) is 5.28. The maximum atomic E-state index is 12.9. The quantitative estimate of drug-likeness (QED) is 0.843. The lowest BCUT2D eigenvalue weighted by Gasteiger charge is -2.22. The van der Waals surface area contributed by atoms with Gasteiger partial charge >= 0.3 is 0 Å². The van der Waals surface area contributed by atoms with Gasteiger partial charge in [0.05, 0.1) is 17.9 Å². The molecule has 1 aliphatic heterocycles. The van der Waals surface area contributed by atoms with E-state index in [0.29, 0.717) is 12.1 Å². The van der Waals surface area contributed by atoms with Crippen molar-refractivity contribution in [1.29, 1.82) is 0 Å². The maximum absolute atomic E-state index is 12.9. The van der Waals surface area contributed by atoms with Crippen LogP contribution in [0.5, 0.6) is 0 Å². The predicted octanol–water partition coefficient (Wildman–Crippen LogP) is 2.99. The summed E-state index contributed by atoms with van der Waals surface area (Å²) in [6.07, 6.45) is 2.34. The highest BCUT2D eigenvalue weighted by Gasteiger charge is 2.16. The zero-order chi connectivity index (χ0) is 17.6. The minimum atomic E-state index is -0.451. The number of carbonyl (C=O) groups is 1. The highest BCUT2D eigenvalue weighted by molar-refractivity contribution is 5.95. The zero-order valence-electron chi connectivity index (χ0n) is 13.9. The van der Waals surface area contributed by atoms with Crippen LogP contribution in [-0.4, -0.2) is 25.5 Å². The first kappa shape index (κ1) is 16.8. The number of benzene rings is 2. The van der Waals surface area contributed by atoms with Crippen molar-refractivity contribution in [3.05, 3.63) is 59.4 Å². The Bertz CT molecular complexity index is 815. The van der Waals surface area contributed by atoms with Crippen molar-refractivity contribution in [3.8, 4) is 11.8 Å². The van der Waals surface area contributed by atoms with Crippen LogP contribution in [0.25, 0.3) is 0 Å². The van der Waals surface area contributed by atoms with Crippen molar-refractivity contribution in [2.24, 2.45) is 5.73 Å². The van der Waals surface area contributed by atoms with Crippen molar-refractivity contribution >= 4 is 17.3 Å². The van der Waals surface area contributed by atoms with Gasteiger partial charge in [-0.15, -0.1) is 0 Å². The molecule has 25 heavy (non-hydrogen) atoms. The molecular formula is C20H20FN3O. The molecule has 5 heteroatoms. The number of nitrogens with one attached hydrogen (secondary N) is 1. The molecule has 3 rings (SSSR count). The second kappa shape index (κ2) is 7.71. The fourth-order valence-electron chi connectivity index (χ4n) is 2.88. The second-order valence-corrected chi connectivity index (χ2v) is 5.95. The lowest BCUT2D eigenvalue weighted by Crippen LogP contribution is -2.20. The molecule has 3 N–H and O–H groups in total. The Morgan fingerprint density at radius 3 is 2.56 bits per heavy atom. The predicted molar refractivity (Wildman–Crippen MR) is 98.2 cm³/mol. The topological polar surface area (TPSA) is 58.4 Å². The summed E-state index contributed by atoms with van der Waals surface area (Å²) in [5, 5.41) is 3.27. The lowest BCUT2D eigenvalue weighted by molar-refractivity contribution is 0.100. The Morgan fingerprint density at radius 2 is 1.88 bits per heavy atom. The molecule has 4 nitrogen and oxygen atoms in total. The second-order valence-electron chi connectivity index (χ2n) is 5.95. The minimum Gasteiger partial charge on any atom is -0.372 e. The van der Waals surface area contributed by atoms with Gasteiger partial charge in [-0.2, -0.15) is 0 Å². The standard InChI is InChI=1S/C20H20FN3O/c21-17-8-5-15(6-9-17)4-3-11-23-18-14-16(20(22)25)7-10-19(18)24-12-1-2-13-24/h5-10,14,23H,1-2,11-13H2,(H2,22,25). The number of halogens is 1. The summed E-state index contributed by atoms with van der Waals surface area (Å²) in [6.45, 7) is 2.43. The summed E-state index contributed by atoms with van der Waals surface area (Å²) < 4.78 is 12.9. The molecule has 1 heterocycles. The average Bonchev–Trinajstić information content (AvgIpc) is 3.14. The van der Waals surface area contributed by atoms with E-state index in [1.54, 1.807) is 24.3 Å². The molecule has 0 aliphatic carbocycles. The number of hydrogen-bond donors (Lipinski definition) is 2. The smallest absolute Gasteiger partial charge is 0.248 e. The molecule has 1 amide bonds. The number of hydrogen-bond acceptors (Lipinski definition) is 3. The zero-order valence-corrected chi connectivity index (χ0v) is 13.9. The number of primary amides is 1. The Morgan fingerprint density at radius 1 is 1.16 bits per heavy atom. The molecule has 0 radical (unpaired) electrons. The monoisotopic (exact) mass is 337 g/mol. The summed E-state index contributed by atoms with van der Waals surface area (Å²) in [7, 11) is 0. The third kappa shape index (κ3) is 4.30. The van der Waals surface area contributed by atoms with E-state index in [-0.39, 0.29) is 5.82 Å². The fourth-order valence-corrected chi connectivity index (χ4v) is 2.88. The van der Waals surface area contributed by atoms with E-state index in [2.05, 4.69) is 22.1 Å². The summed E-state index contributed by atoms with van der Waals surface area (Å²) in [6, 6.07) is 11.5. The van der Waals surface area contributed by atoms with Crippen molar-refractivity contribution in [2.75, 3.05) is 29.9 Å². The van der Waals surface area contributed by atoms with Crippen LogP contribution in [0.2, 0.25) is 0 Å². The summed E-state index contributed by atoms with van der Waals surface area (Å²) in [5.41, 5.74) is 8.53. The van der Waals surface area contributed by atoms with Gasteiger partial charge in [0.2, 0.25) is 5.91 Å². The molecule has 0 atom stereocenters. The van der Waals surface area contributed by atoms with E-state index in [1.807, 2.05) is 6.07 Å². The van der Waals surface area contributed by atoms with E-state index >= 15 is 0 Å². The highest BCUT2D eigenvalue weighted by Crippen LogP contribution is 2.29. The first-order valence-corrected chi connectivity index (χ1v) is 8.30. The maximum Gasteiger partial charge on any atom is 0.248 e. The van der Waals surface area contributed by atoms with Crippen LogP contribution in [-0.2, 0) is 0 Å². The normalized spacial score (nSPS) is 13.2. The Hall–Kier alpha value is -3.00. The SMILES string of the molecule is NC(=O)c1ccc(N2CCCC2)c(NCC#Cc2ccc(F)cc2)c1. The average molecular weight is 337 g/mol. The molecule has 1 fully saturated rings. The van der Waals surface area contributed by atoms with Crippen LogP contribution in [0.4, 0.5) is 15.8 Å². The van der Waals surface area contributed by atoms with Gasteiger partial charge in [0.25, 0.3) is 0 Å². The first-order valence-electron chi connectivity index (χ1n) is 8.30. The Balaban J connectivity index is 1.74. The van der Waals surface area contributed by atoms with Gasteiger partial charge in [-0.3, -0.25) is 4.79 Å². The van der Waals surface area contributed by atoms with Gasteiger partial charge < -0.3 is 16.0 Å². The number of rotatable bonds is 4. The Labute approximate surface area is 146 Å². The van der Waals surface area contributed by atoms with Crippen molar-refractivity contribution in [3.63, 3.8) is 0 Å². The third-order valence-electron chi connectivity index (χ3n) is 4.17. The highest BCUT2D eigenvalue weighted by atomic mass is 19.1. The summed E-state index contributed by atoms with van der Waals surface area (Å²) in [4.78, 5) is 13.7. The largest absolute Gasteiger partial charge is 0.372 e. The summed E-state index contributed by atoms with van der Waals surface area (Å²) >= 11 is 0. The van der Waals surface area contributed by atoms with E-state index in [4.69, 9.17) is 5.73 Å². The van der Waals surface area contributed by atoms with Gasteiger partial charge in [-0.25, -0.2) is 4.39 Å². The van der Waals surface area contributed by atoms with Crippen molar-refractivity contribution in [2.45, 2.75) is 12.8 Å². The molecule has 1 aliphatic rings. The van der Waals surface area contributed by atoms with Gasteiger partial charge in [-0.1, -0.05) is 11.8 Å². The van der Waals surface area contributed by atoms with Crippen molar-refractivity contribution < 1.29 is 9.18 Å².